The maximum atomic E-state index is 11.2. The Kier molecular flexibility index (Phi) is 3.77. The van der Waals surface area contributed by atoms with Crippen molar-refractivity contribution in [3.05, 3.63) is 30.3 Å². The molecule has 4 heteroatoms. The molecule has 0 saturated carbocycles. The molecular formula is C12H14O4. The first kappa shape index (κ1) is 11.0. The lowest BCUT2D eigenvalue weighted by molar-refractivity contribution is -0.144. The van der Waals surface area contributed by atoms with Crippen molar-refractivity contribution in [3.8, 4) is 5.75 Å². The van der Waals surface area contributed by atoms with Gasteiger partial charge in [0, 0.05) is 0 Å². The number of ether oxygens (including phenoxy) is 3. The van der Waals surface area contributed by atoms with E-state index in [9.17, 15) is 4.79 Å². The highest BCUT2D eigenvalue weighted by molar-refractivity contribution is 5.69. The normalized spacial score (nSPS) is 17.9. The second-order valence-electron chi connectivity index (χ2n) is 3.55. The summed E-state index contributed by atoms with van der Waals surface area (Å²) in [4.78, 5) is 11.2. The maximum absolute atomic E-state index is 11.2. The summed E-state index contributed by atoms with van der Waals surface area (Å²) in [6, 6.07) is 9.39. The number of hydrogen-bond donors (Lipinski definition) is 0. The van der Waals surface area contributed by atoms with Crippen molar-refractivity contribution in [1.29, 1.82) is 0 Å². The highest BCUT2D eigenvalue weighted by atomic mass is 16.6. The summed E-state index contributed by atoms with van der Waals surface area (Å²) in [6.07, 6.45) is 0.390. The zero-order chi connectivity index (χ0) is 11.2. The predicted molar refractivity (Wildman–Crippen MR) is 57.3 cm³/mol. The van der Waals surface area contributed by atoms with E-state index in [1.165, 1.54) is 0 Å². The lowest BCUT2D eigenvalue weighted by atomic mass is 10.3. The van der Waals surface area contributed by atoms with Crippen molar-refractivity contribution in [1.82, 2.24) is 0 Å². The van der Waals surface area contributed by atoms with Crippen LogP contribution in [0, 0.1) is 0 Å². The lowest BCUT2D eigenvalue weighted by Gasteiger charge is -2.05. The van der Waals surface area contributed by atoms with Crippen molar-refractivity contribution in [2.75, 3.05) is 19.8 Å². The Morgan fingerprint density at radius 3 is 2.81 bits per heavy atom. The first-order valence-corrected chi connectivity index (χ1v) is 5.29. The number of carbonyl (C=O) groups excluding carboxylic acids is 1. The fraction of sp³-hybridized carbons (Fsp3) is 0.417. The molecule has 1 aliphatic heterocycles. The molecule has 1 aromatic rings. The van der Waals surface area contributed by atoms with E-state index in [4.69, 9.17) is 14.2 Å². The second-order valence-corrected chi connectivity index (χ2v) is 3.55. The minimum atomic E-state index is -0.244. The Balaban J connectivity index is 1.58. The fourth-order valence-electron chi connectivity index (χ4n) is 1.19. The van der Waals surface area contributed by atoms with Crippen molar-refractivity contribution in [2.45, 2.75) is 12.5 Å². The quantitative estimate of drug-likeness (QED) is 0.539. The Hall–Kier alpha value is -1.55. The molecule has 86 valence electrons. The number of epoxide rings is 1. The number of para-hydroxylation sites is 1. The Morgan fingerprint density at radius 2 is 2.12 bits per heavy atom. The van der Waals surface area contributed by atoms with Crippen LogP contribution in [-0.4, -0.2) is 31.9 Å². The summed E-state index contributed by atoms with van der Waals surface area (Å²) >= 11 is 0. The molecule has 0 spiro atoms. The first-order valence-electron chi connectivity index (χ1n) is 5.29. The van der Waals surface area contributed by atoms with Gasteiger partial charge in [-0.05, 0) is 12.1 Å². The molecule has 0 aromatic heterocycles. The molecule has 0 radical (unpaired) electrons. The molecule has 0 amide bonds. The monoisotopic (exact) mass is 222 g/mol. The van der Waals surface area contributed by atoms with Crippen LogP contribution in [0.1, 0.15) is 6.42 Å². The minimum absolute atomic E-state index is 0.124. The fourth-order valence-corrected chi connectivity index (χ4v) is 1.19. The van der Waals surface area contributed by atoms with Crippen molar-refractivity contribution in [3.63, 3.8) is 0 Å². The van der Waals surface area contributed by atoms with Gasteiger partial charge in [-0.3, -0.25) is 4.79 Å². The highest BCUT2D eigenvalue weighted by Crippen LogP contribution is 2.10. The van der Waals surface area contributed by atoms with Crippen LogP contribution in [0.2, 0.25) is 0 Å². The van der Waals surface area contributed by atoms with Crippen molar-refractivity contribution >= 4 is 5.97 Å². The zero-order valence-electron chi connectivity index (χ0n) is 8.93. The van der Waals surface area contributed by atoms with Gasteiger partial charge >= 0.3 is 5.97 Å². The van der Waals surface area contributed by atoms with Crippen LogP contribution in [-0.2, 0) is 14.3 Å². The molecule has 1 aliphatic rings. The SMILES string of the molecule is O=C(CCOc1ccccc1)OCC1CO1. The molecule has 0 N–H and O–H groups in total. The van der Waals surface area contributed by atoms with Crippen LogP contribution in [0.4, 0.5) is 0 Å². The molecule has 1 aromatic carbocycles. The number of rotatable bonds is 6. The third-order valence-corrected chi connectivity index (χ3v) is 2.15. The molecule has 0 bridgehead atoms. The van der Waals surface area contributed by atoms with Crippen LogP contribution in [0.15, 0.2) is 30.3 Å². The standard InChI is InChI=1S/C12H14O4/c13-12(16-9-11-8-15-11)6-7-14-10-4-2-1-3-5-10/h1-5,11H,6-9H2. The van der Waals surface area contributed by atoms with Crippen LogP contribution < -0.4 is 4.74 Å². The van der Waals surface area contributed by atoms with Gasteiger partial charge in [-0.15, -0.1) is 0 Å². The van der Waals surface area contributed by atoms with Gasteiger partial charge in [0.05, 0.1) is 19.6 Å². The molecule has 2 rings (SSSR count). The summed E-state index contributed by atoms with van der Waals surface area (Å²) in [5.41, 5.74) is 0. The molecule has 0 aliphatic carbocycles. The van der Waals surface area contributed by atoms with E-state index in [1.807, 2.05) is 30.3 Å². The van der Waals surface area contributed by atoms with E-state index in [2.05, 4.69) is 0 Å². The van der Waals surface area contributed by atoms with Crippen LogP contribution >= 0.6 is 0 Å². The molecule has 16 heavy (non-hydrogen) atoms. The Labute approximate surface area is 94.1 Å². The zero-order valence-corrected chi connectivity index (χ0v) is 8.93. The van der Waals surface area contributed by atoms with E-state index >= 15 is 0 Å². The highest BCUT2D eigenvalue weighted by Gasteiger charge is 2.23. The minimum Gasteiger partial charge on any atom is -0.493 e. The molecule has 1 atom stereocenters. The summed E-state index contributed by atoms with van der Waals surface area (Å²) < 4.78 is 15.3. The Bertz CT molecular complexity index is 332. The lowest BCUT2D eigenvalue weighted by Crippen LogP contribution is -2.13. The van der Waals surface area contributed by atoms with Crippen LogP contribution in [0.5, 0.6) is 5.75 Å². The molecule has 1 fully saturated rings. The third kappa shape index (κ3) is 3.90. The van der Waals surface area contributed by atoms with Gasteiger partial charge in [0.1, 0.15) is 18.5 Å². The molecule has 1 heterocycles. The largest absolute Gasteiger partial charge is 0.493 e. The topological polar surface area (TPSA) is 48.1 Å². The molecule has 1 unspecified atom stereocenters. The predicted octanol–water partition coefficient (Wildman–Crippen LogP) is 1.40. The number of hydrogen-bond acceptors (Lipinski definition) is 4. The van der Waals surface area contributed by atoms with E-state index in [1.54, 1.807) is 0 Å². The Morgan fingerprint density at radius 1 is 1.38 bits per heavy atom. The van der Waals surface area contributed by atoms with Gasteiger partial charge in [0.15, 0.2) is 0 Å². The van der Waals surface area contributed by atoms with Gasteiger partial charge < -0.3 is 14.2 Å². The second kappa shape index (κ2) is 5.51. The van der Waals surface area contributed by atoms with Gasteiger partial charge in [-0.25, -0.2) is 0 Å². The van der Waals surface area contributed by atoms with E-state index in [0.29, 0.717) is 19.8 Å². The van der Waals surface area contributed by atoms with Crippen LogP contribution in [0.3, 0.4) is 0 Å². The number of carbonyl (C=O) groups is 1. The average Bonchev–Trinajstić information content (AvgIpc) is 3.12. The molecule has 4 nitrogen and oxygen atoms in total. The third-order valence-electron chi connectivity index (χ3n) is 2.15. The van der Waals surface area contributed by atoms with Gasteiger partial charge in [0.25, 0.3) is 0 Å². The average molecular weight is 222 g/mol. The summed E-state index contributed by atoms with van der Waals surface area (Å²) in [6.45, 7) is 1.41. The smallest absolute Gasteiger partial charge is 0.309 e. The molecular weight excluding hydrogens is 208 g/mol. The summed E-state index contributed by atoms with van der Waals surface area (Å²) in [7, 11) is 0. The van der Waals surface area contributed by atoms with Gasteiger partial charge in [-0.1, -0.05) is 18.2 Å². The maximum Gasteiger partial charge on any atom is 0.309 e. The van der Waals surface area contributed by atoms with Gasteiger partial charge in [-0.2, -0.15) is 0 Å². The summed E-state index contributed by atoms with van der Waals surface area (Å²) in [5.74, 6) is 0.521. The molecule has 1 saturated heterocycles. The van der Waals surface area contributed by atoms with Gasteiger partial charge in [0.2, 0.25) is 0 Å². The van der Waals surface area contributed by atoms with E-state index in [-0.39, 0.29) is 18.5 Å². The van der Waals surface area contributed by atoms with Crippen molar-refractivity contribution in [2.24, 2.45) is 0 Å². The summed E-state index contributed by atoms with van der Waals surface area (Å²) in [5, 5.41) is 0. The van der Waals surface area contributed by atoms with Crippen molar-refractivity contribution < 1.29 is 19.0 Å². The number of benzene rings is 1. The van der Waals surface area contributed by atoms with E-state index in [0.717, 1.165) is 5.75 Å². The first-order chi connectivity index (χ1) is 7.84. The van der Waals surface area contributed by atoms with Crippen LogP contribution in [0.25, 0.3) is 0 Å². The number of esters is 1. The van der Waals surface area contributed by atoms with E-state index < -0.39 is 0 Å².